The van der Waals surface area contributed by atoms with E-state index in [1.165, 1.54) is 62.4 Å². The predicted octanol–water partition coefficient (Wildman–Crippen LogP) is 2.08. The van der Waals surface area contributed by atoms with Gasteiger partial charge in [0.2, 0.25) is 0 Å². The summed E-state index contributed by atoms with van der Waals surface area (Å²) in [5, 5.41) is 0. The molecule has 0 atom stereocenters. The summed E-state index contributed by atoms with van der Waals surface area (Å²) in [6.07, 6.45) is 11.1. The van der Waals surface area contributed by atoms with Crippen molar-refractivity contribution in [1.82, 2.24) is 4.90 Å². The average molecular weight is 438 g/mol. The highest BCUT2D eigenvalue weighted by atomic mass is 127. The van der Waals surface area contributed by atoms with Crippen LogP contribution in [0.3, 0.4) is 0 Å². The third-order valence-electron chi connectivity index (χ3n) is 6.36. The lowest BCUT2D eigenvalue weighted by Crippen LogP contribution is -3.00. The second-order valence-electron chi connectivity index (χ2n) is 9.52. The van der Waals surface area contributed by atoms with Crippen LogP contribution in [0, 0.1) is 0 Å². The van der Waals surface area contributed by atoms with Crippen LogP contribution >= 0.6 is 0 Å². The topological polar surface area (TPSA) is 3.24 Å². The van der Waals surface area contributed by atoms with Gasteiger partial charge in [0.05, 0.1) is 26.7 Å². The minimum absolute atomic E-state index is 0. The molecule has 0 amide bonds. The van der Waals surface area contributed by atoms with Gasteiger partial charge in [-0.1, -0.05) is 32.6 Å². The van der Waals surface area contributed by atoms with Crippen LogP contribution in [-0.2, 0) is 0 Å². The number of hydrogen-bond acceptors (Lipinski definition) is 1. The van der Waals surface area contributed by atoms with Gasteiger partial charge in [0.15, 0.2) is 0 Å². The Balaban J connectivity index is 0.00000484. The number of quaternary nitrogens is 1. The van der Waals surface area contributed by atoms with Crippen LogP contribution in [0.15, 0.2) is 0 Å². The quantitative estimate of drug-likeness (QED) is 0.319. The smallest absolute Gasteiger partial charge is 0.0921 e. The zero-order chi connectivity index (χ0) is 17.0. The van der Waals surface area contributed by atoms with Gasteiger partial charge in [-0.2, -0.15) is 0 Å². The lowest BCUT2D eigenvalue weighted by atomic mass is 9.76. The van der Waals surface area contributed by atoms with Crippen molar-refractivity contribution in [2.45, 2.75) is 103 Å². The van der Waals surface area contributed by atoms with Crippen LogP contribution < -0.4 is 24.0 Å². The van der Waals surface area contributed by atoms with Crippen molar-refractivity contribution in [2.75, 3.05) is 27.7 Å². The Morgan fingerprint density at radius 2 is 1.30 bits per heavy atom. The number of unbranched alkanes of at least 4 members (excludes halogenated alkanes) is 5. The summed E-state index contributed by atoms with van der Waals surface area (Å²) in [7, 11) is 7.24. The Bertz CT molecular complexity index is 319. The second kappa shape index (κ2) is 9.38. The Morgan fingerprint density at radius 1 is 0.870 bits per heavy atom. The zero-order valence-corrected chi connectivity index (χ0v) is 19.4. The van der Waals surface area contributed by atoms with Crippen LogP contribution in [0.4, 0.5) is 0 Å². The Labute approximate surface area is 164 Å². The van der Waals surface area contributed by atoms with Gasteiger partial charge in [-0.25, -0.2) is 0 Å². The molecule has 1 aliphatic rings. The van der Waals surface area contributed by atoms with Crippen LogP contribution in [0.25, 0.3) is 0 Å². The van der Waals surface area contributed by atoms with E-state index in [1.54, 1.807) is 0 Å². The average Bonchev–Trinajstić information content (AvgIpc) is 2.39. The van der Waals surface area contributed by atoms with Crippen molar-refractivity contribution in [1.29, 1.82) is 0 Å². The molecule has 3 heteroatoms. The second-order valence-corrected chi connectivity index (χ2v) is 9.52. The van der Waals surface area contributed by atoms with Crippen molar-refractivity contribution in [2.24, 2.45) is 0 Å². The van der Waals surface area contributed by atoms with Crippen molar-refractivity contribution >= 4 is 0 Å². The van der Waals surface area contributed by atoms with Crippen LogP contribution in [-0.4, -0.2) is 54.2 Å². The molecule has 0 N–H and O–H groups in total. The van der Waals surface area contributed by atoms with Gasteiger partial charge in [0.1, 0.15) is 0 Å². The van der Waals surface area contributed by atoms with Gasteiger partial charge < -0.3 is 28.5 Å². The molecule has 0 spiro atoms. The minimum atomic E-state index is 0. The zero-order valence-electron chi connectivity index (χ0n) is 17.2. The van der Waals surface area contributed by atoms with Gasteiger partial charge in [-0.05, 0) is 47.6 Å². The van der Waals surface area contributed by atoms with E-state index in [1.807, 2.05) is 0 Å². The van der Waals surface area contributed by atoms with Crippen molar-refractivity contribution in [3.8, 4) is 0 Å². The van der Waals surface area contributed by atoms with Gasteiger partial charge in [0.25, 0.3) is 0 Å². The molecule has 1 saturated heterocycles. The van der Waals surface area contributed by atoms with Gasteiger partial charge in [-0.15, -0.1) is 0 Å². The highest BCUT2D eigenvalue weighted by Gasteiger charge is 2.48. The Kier molecular flexibility index (Phi) is 9.64. The van der Waals surface area contributed by atoms with E-state index in [4.69, 9.17) is 0 Å². The lowest BCUT2D eigenvalue weighted by Gasteiger charge is -2.56. The molecule has 0 aromatic rings. The van der Waals surface area contributed by atoms with E-state index in [9.17, 15) is 0 Å². The first-order valence-electron chi connectivity index (χ1n) is 9.59. The number of halogens is 1. The Morgan fingerprint density at radius 3 is 1.78 bits per heavy atom. The first kappa shape index (κ1) is 23.6. The van der Waals surface area contributed by atoms with Gasteiger partial charge in [0, 0.05) is 23.9 Å². The molecule has 140 valence electrons. The highest BCUT2D eigenvalue weighted by Crippen LogP contribution is 2.40. The first-order valence-corrected chi connectivity index (χ1v) is 9.59. The highest BCUT2D eigenvalue weighted by molar-refractivity contribution is 4.99. The van der Waals surface area contributed by atoms with E-state index in [2.05, 4.69) is 60.7 Å². The minimum Gasteiger partial charge on any atom is -1.00 e. The molecule has 0 radical (unpaired) electrons. The maximum atomic E-state index is 2.60. The summed E-state index contributed by atoms with van der Waals surface area (Å²) in [4.78, 5) is 2.60. The fourth-order valence-corrected chi connectivity index (χ4v) is 4.30. The van der Waals surface area contributed by atoms with Crippen LogP contribution in [0.5, 0.6) is 0 Å². The molecule has 1 heterocycles. The lowest BCUT2D eigenvalue weighted by molar-refractivity contribution is -0.918. The number of rotatable bonds is 8. The van der Waals surface area contributed by atoms with E-state index in [0.29, 0.717) is 11.1 Å². The van der Waals surface area contributed by atoms with Gasteiger partial charge >= 0.3 is 0 Å². The van der Waals surface area contributed by atoms with Crippen molar-refractivity contribution < 1.29 is 28.5 Å². The Hall–Kier alpha value is 0.650. The standard InChI is InChI=1S/C20H43N2.HI/c1-9-10-11-12-13-14-15-22(7,8)18-16-19(2,3)21(6)20(4,5)17-18;/h18H,9-17H2,1-8H3;1H/q+1;/p-1. The molecule has 0 bridgehead atoms. The molecule has 1 aliphatic heterocycles. The molecule has 1 rings (SSSR count). The predicted molar refractivity (Wildman–Crippen MR) is 99.3 cm³/mol. The third-order valence-corrected chi connectivity index (χ3v) is 6.36. The molecule has 0 saturated carbocycles. The molecular formula is C20H43IN2. The maximum absolute atomic E-state index is 2.60. The van der Waals surface area contributed by atoms with Crippen molar-refractivity contribution in [3.63, 3.8) is 0 Å². The summed E-state index contributed by atoms with van der Waals surface area (Å²) in [6, 6.07) is 0.789. The van der Waals surface area contributed by atoms with E-state index >= 15 is 0 Å². The SMILES string of the molecule is CCCCCCCC[N+](C)(C)C1CC(C)(C)N(C)C(C)(C)C1.[I-]. The van der Waals surface area contributed by atoms with Gasteiger partial charge in [-0.3, -0.25) is 4.90 Å². The fraction of sp³-hybridized carbons (Fsp3) is 1.00. The van der Waals surface area contributed by atoms with E-state index in [-0.39, 0.29) is 24.0 Å². The largest absolute Gasteiger partial charge is 1.00 e. The van der Waals surface area contributed by atoms with E-state index in [0.717, 1.165) is 6.04 Å². The number of piperidine rings is 1. The molecule has 1 fully saturated rings. The fourth-order valence-electron chi connectivity index (χ4n) is 4.30. The third kappa shape index (κ3) is 6.81. The molecule has 0 aromatic heterocycles. The maximum Gasteiger partial charge on any atom is 0.0921 e. The van der Waals surface area contributed by atoms with E-state index < -0.39 is 0 Å². The summed E-state index contributed by atoms with van der Waals surface area (Å²) in [5.41, 5.74) is 0.617. The first-order chi connectivity index (χ1) is 10.0. The molecule has 0 aliphatic carbocycles. The monoisotopic (exact) mass is 438 g/mol. The summed E-state index contributed by atoms with van der Waals surface area (Å²) >= 11 is 0. The van der Waals surface area contributed by atoms with Crippen LogP contribution in [0.2, 0.25) is 0 Å². The molecule has 0 unspecified atom stereocenters. The van der Waals surface area contributed by atoms with Crippen LogP contribution in [0.1, 0.15) is 86.0 Å². The summed E-state index contributed by atoms with van der Waals surface area (Å²) in [6.45, 7) is 13.3. The number of likely N-dealkylation sites (tertiary alicyclic amines) is 1. The molecule has 23 heavy (non-hydrogen) atoms. The molecule has 0 aromatic carbocycles. The number of hydrogen-bond donors (Lipinski definition) is 0. The summed E-state index contributed by atoms with van der Waals surface area (Å²) < 4.78 is 1.20. The number of nitrogens with zero attached hydrogens (tertiary/aromatic N) is 2. The normalized spacial score (nSPS) is 21.9. The molecule has 2 nitrogen and oxygen atoms in total. The molecular weight excluding hydrogens is 395 g/mol. The van der Waals surface area contributed by atoms with Crippen molar-refractivity contribution in [3.05, 3.63) is 0 Å². The summed E-state index contributed by atoms with van der Waals surface area (Å²) in [5.74, 6) is 0.